The number of fused-ring (bicyclic) bond motifs is 1. The van der Waals surface area contributed by atoms with Crippen LogP contribution in [-0.4, -0.2) is 6.61 Å². The number of hydrogen-bond acceptors (Lipinski definition) is 2. The summed E-state index contributed by atoms with van der Waals surface area (Å²) in [5.74, 6) is 0.984. The van der Waals surface area contributed by atoms with Gasteiger partial charge in [-0.1, -0.05) is 35.8 Å². The van der Waals surface area contributed by atoms with Crippen LogP contribution in [-0.2, 0) is 5.41 Å². The van der Waals surface area contributed by atoms with Crippen LogP contribution in [0.15, 0.2) is 40.9 Å². The van der Waals surface area contributed by atoms with Crippen molar-refractivity contribution in [3.8, 4) is 5.75 Å². The van der Waals surface area contributed by atoms with Crippen molar-refractivity contribution >= 4 is 38.5 Å². The van der Waals surface area contributed by atoms with Gasteiger partial charge in [0.15, 0.2) is 0 Å². The van der Waals surface area contributed by atoms with Crippen molar-refractivity contribution in [2.45, 2.75) is 25.3 Å². The first-order chi connectivity index (χ1) is 9.88. The van der Waals surface area contributed by atoms with Crippen LogP contribution >= 0.6 is 38.5 Å². The summed E-state index contributed by atoms with van der Waals surface area (Å²) < 4.78 is 7.98. The zero-order chi connectivity index (χ0) is 15.2. The minimum Gasteiger partial charge on any atom is -0.492 e. The quantitative estimate of drug-likeness (QED) is 0.659. The SMILES string of the molecule is CC1(C)COc2ccc(C(N)c3cc(I)ccc3Br)cc21. The van der Waals surface area contributed by atoms with Crippen molar-refractivity contribution in [3.63, 3.8) is 0 Å². The monoisotopic (exact) mass is 457 g/mol. The Hall–Kier alpha value is -0.590. The van der Waals surface area contributed by atoms with E-state index in [9.17, 15) is 0 Å². The summed E-state index contributed by atoms with van der Waals surface area (Å²) in [4.78, 5) is 0. The topological polar surface area (TPSA) is 35.2 Å². The molecule has 2 aromatic carbocycles. The van der Waals surface area contributed by atoms with E-state index in [1.807, 2.05) is 6.07 Å². The lowest BCUT2D eigenvalue weighted by atomic mass is 9.85. The van der Waals surface area contributed by atoms with Gasteiger partial charge < -0.3 is 10.5 Å². The van der Waals surface area contributed by atoms with Gasteiger partial charge in [0.2, 0.25) is 0 Å². The van der Waals surface area contributed by atoms with E-state index in [0.29, 0.717) is 0 Å². The number of ether oxygens (including phenoxy) is 1. The van der Waals surface area contributed by atoms with Crippen LogP contribution in [0.3, 0.4) is 0 Å². The normalized spacial score (nSPS) is 17.2. The maximum atomic E-state index is 6.49. The molecule has 2 nitrogen and oxygen atoms in total. The largest absolute Gasteiger partial charge is 0.492 e. The van der Waals surface area contributed by atoms with Crippen LogP contribution < -0.4 is 10.5 Å². The van der Waals surface area contributed by atoms with E-state index >= 15 is 0 Å². The van der Waals surface area contributed by atoms with Crippen molar-refractivity contribution in [1.29, 1.82) is 0 Å². The second-order valence-electron chi connectivity index (χ2n) is 6.07. The molecule has 1 heterocycles. The van der Waals surface area contributed by atoms with Crippen LogP contribution in [0, 0.1) is 3.57 Å². The molecule has 3 rings (SSSR count). The second-order valence-corrected chi connectivity index (χ2v) is 8.17. The Bertz CT molecular complexity index is 699. The lowest BCUT2D eigenvalue weighted by Crippen LogP contribution is -2.19. The zero-order valence-corrected chi connectivity index (χ0v) is 15.7. The van der Waals surface area contributed by atoms with Gasteiger partial charge in [-0.2, -0.15) is 0 Å². The van der Waals surface area contributed by atoms with E-state index in [1.165, 1.54) is 9.13 Å². The molecule has 0 bridgehead atoms. The molecule has 1 unspecified atom stereocenters. The summed E-state index contributed by atoms with van der Waals surface area (Å²) in [5.41, 5.74) is 10.0. The summed E-state index contributed by atoms with van der Waals surface area (Å²) in [6.07, 6.45) is 0. The first kappa shape index (κ1) is 15.3. The van der Waals surface area contributed by atoms with Gasteiger partial charge in [-0.3, -0.25) is 0 Å². The van der Waals surface area contributed by atoms with Gasteiger partial charge in [0.1, 0.15) is 5.75 Å². The number of halogens is 2. The summed E-state index contributed by atoms with van der Waals surface area (Å²) in [6.45, 7) is 5.14. The molecule has 0 fully saturated rings. The van der Waals surface area contributed by atoms with Crippen molar-refractivity contribution in [1.82, 2.24) is 0 Å². The van der Waals surface area contributed by atoms with E-state index in [2.05, 4.69) is 82.7 Å². The van der Waals surface area contributed by atoms with Gasteiger partial charge in [0.05, 0.1) is 12.6 Å². The first-order valence-electron chi connectivity index (χ1n) is 6.86. The highest BCUT2D eigenvalue weighted by Crippen LogP contribution is 2.40. The smallest absolute Gasteiger partial charge is 0.123 e. The predicted octanol–water partition coefficient (Wildman–Crippen LogP) is 4.77. The fourth-order valence-electron chi connectivity index (χ4n) is 2.66. The summed E-state index contributed by atoms with van der Waals surface area (Å²) in [5, 5.41) is 0. The number of rotatable bonds is 2. The Kier molecular flexibility index (Phi) is 4.05. The van der Waals surface area contributed by atoms with Crippen LogP contribution in [0.2, 0.25) is 0 Å². The van der Waals surface area contributed by atoms with Crippen molar-refractivity contribution in [2.75, 3.05) is 6.61 Å². The van der Waals surface area contributed by atoms with Crippen LogP contribution in [0.5, 0.6) is 5.75 Å². The molecule has 0 radical (unpaired) electrons. The molecular weight excluding hydrogens is 441 g/mol. The highest BCUT2D eigenvalue weighted by Gasteiger charge is 2.32. The molecule has 2 aromatic rings. The highest BCUT2D eigenvalue weighted by atomic mass is 127. The Balaban J connectivity index is 2.03. The third-order valence-electron chi connectivity index (χ3n) is 3.97. The maximum Gasteiger partial charge on any atom is 0.123 e. The number of nitrogens with two attached hydrogens (primary N) is 1. The van der Waals surface area contributed by atoms with Crippen molar-refractivity contribution in [3.05, 3.63) is 61.1 Å². The summed E-state index contributed by atoms with van der Waals surface area (Å²) >= 11 is 5.92. The first-order valence-corrected chi connectivity index (χ1v) is 8.73. The molecule has 21 heavy (non-hydrogen) atoms. The molecule has 0 saturated heterocycles. The third-order valence-corrected chi connectivity index (χ3v) is 5.37. The lowest BCUT2D eigenvalue weighted by Gasteiger charge is -2.19. The van der Waals surface area contributed by atoms with E-state index in [1.54, 1.807) is 0 Å². The Labute approximate surface area is 147 Å². The molecule has 0 saturated carbocycles. The van der Waals surface area contributed by atoms with E-state index < -0.39 is 0 Å². The minimum absolute atomic E-state index is 0.0490. The summed E-state index contributed by atoms with van der Waals surface area (Å²) in [7, 11) is 0. The standard InChI is InChI=1S/C17H17BrINO/c1-17(2)9-21-15-6-3-10(7-13(15)17)16(20)12-8-11(19)4-5-14(12)18/h3-8,16H,9,20H2,1-2H3. The number of benzene rings is 2. The summed E-state index contributed by atoms with van der Waals surface area (Å²) in [6, 6.07) is 12.4. The van der Waals surface area contributed by atoms with Gasteiger partial charge in [0.25, 0.3) is 0 Å². The molecule has 2 N–H and O–H groups in total. The molecule has 110 valence electrons. The number of hydrogen-bond donors (Lipinski definition) is 1. The lowest BCUT2D eigenvalue weighted by molar-refractivity contribution is 0.291. The molecule has 0 aromatic heterocycles. The van der Waals surface area contributed by atoms with E-state index in [4.69, 9.17) is 10.5 Å². The van der Waals surface area contributed by atoms with Gasteiger partial charge in [-0.05, 0) is 64.0 Å². The van der Waals surface area contributed by atoms with Crippen LogP contribution in [0.1, 0.15) is 36.6 Å². The molecule has 1 atom stereocenters. The third kappa shape index (κ3) is 2.85. The van der Waals surface area contributed by atoms with Gasteiger partial charge in [-0.25, -0.2) is 0 Å². The second kappa shape index (κ2) is 5.56. The fraction of sp³-hybridized carbons (Fsp3) is 0.294. The van der Waals surface area contributed by atoms with Gasteiger partial charge >= 0.3 is 0 Å². The maximum absolute atomic E-state index is 6.49. The van der Waals surface area contributed by atoms with Crippen LogP contribution in [0.4, 0.5) is 0 Å². The predicted molar refractivity (Wildman–Crippen MR) is 97.9 cm³/mol. The molecule has 0 spiro atoms. The average Bonchev–Trinajstić information content (AvgIpc) is 2.76. The fourth-order valence-corrected chi connectivity index (χ4v) is 3.67. The zero-order valence-electron chi connectivity index (χ0n) is 12.0. The molecule has 1 aliphatic rings. The molecule has 0 aliphatic carbocycles. The molecule has 4 heteroatoms. The molecular formula is C17H17BrINO. The van der Waals surface area contributed by atoms with Crippen molar-refractivity contribution in [2.24, 2.45) is 5.73 Å². The molecule has 1 aliphatic heterocycles. The molecule has 0 amide bonds. The van der Waals surface area contributed by atoms with Crippen LogP contribution in [0.25, 0.3) is 0 Å². The van der Waals surface area contributed by atoms with Gasteiger partial charge in [-0.15, -0.1) is 0 Å². The Morgan fingerprint density at radius 2 is 2.00 bits per heavy atom. The minimum atomic E-state index is -0.143. The highest BCUT2D eigenvalue weighted by molar-refractivity contribution is 14.1. The van der Waals surface area contributed by atoms with E-state index in [0.717, 1.165) is 28.0 Å². The van der Waals surface area contributed by atoms with Gasteiger partial charge in [0, 0.05) is 19.0 Å². The Morgan fingerprint density at radius 3 is 2.76 bits per heavy atom. The Morgan fingerprint density at radius 1 is 1.24 bits per heavy atom. The van der Waals surface area contributed by atoms with Crippen molar-refractivity contribution < 1.29 is 4.74 Å². The average molecular weight is 458 g/mol. The van der Waals surface area contributed by atoms with E-state index in [-0.39, 0.29) is 11.5 Å².